The van der Waals surface area contributed by atoms with Gasteiger partial charge in [-0.25, -0.2) is 0 Å². The molecule has 2 aromatic carbocycles. The zero-order chi connectivity index (χ0) is 20.1. The van der Waals surface area contributed by atoms with Crippen LogP contribution < -0.4 is 14.3 Å². The summed E-state index contributed by atoms with van der Waals surface area (Å²) < 4.78 is 18.2. The third-order valence-electron chi connectivity index (χ3n) is 4.01. The van der Waals surface area contributed by atoms with Crippen molar-refractivity contribution in [1.29, 1.82) is 0 Å². The van der Waals surface area contributed by atoms with Crippen LogP contribution in [0.15, 0.2) is 47.5 Å². The maximum absolute atomic E-state index is 12.8. The molecule has 0 N–H and O–H groups in total. The summed E-state index contributed by atoms with van der Waals surface area (Å²) in [5, 5.41) is 0. The quantitative estimate of drug-likeness (QED) is 0.594. The fraction of sp³-hybridized carbons (Fsp3) is 0.250. The summed E-state index contributed by atoms with van der Waals surface area (Å²) in [6, 6.07) is 12.4. The number of hydrogen-bond acceptors (Lipinski definition) is 6. The van der Waals surface area contributed by atoms with E-state index in [2.05, 4.69) is 4.99 Å². The van der Waals surface area contributed by atoms with E-state index in [9.17, 15) is 9.59 Å². The summed E-state index contributed by atoms with van der Waals surface area (Å²) in [6.45, 7) is 1.93. The van der Waals surface area contributed by atoms with E-state index in [4.69, 9.17) is 14.2 Å². The highest BCUT2D eigenvalue weighted by molar-refractivity contribution is 7.16. The lowest BCUT2D eigenvalue weighted by Crippen LogP contribution is -2.23. The molecule has 0 aliphatic carbocycles. The number of hydrogen-bond donors (Lipinski definition) is 0. The number of aromatic nitrogens is 1. The van der Waals surface area contributed by atoms with Crippen molar-refractivity contribution in [3.63, 3.8) is 0 Å². The molecule has 0 atom stereocenters. The van der Waals surface area contributed by atoms with Crippen molar-refractivity contribution in [2.75, 3.05) is 20.8 Å². The molecule has 0 fully saturated rings. The summed E-state index contributed by atoms with van der Waals surface area (Å²) in [7, 11) is 3.05. The summed E-state index contributed by atoms with van der Waals surface area (Å²) >= 11 is 1.30. The summed E-state index contributed by atoms with van der Waals surface area (Å²) in [5.41, 5.74) is 1.03. The number of esters is 1. The minimum absolute atomic E-state index is 0.0771. The first-order chi connectivity index (χ1) is 13.6. The van der Waals surface area contributed by atoms with Gasteiger partial charge in [0.25, 0.3) is 5.91 Å². The molecule has 0 radical (unpaired) electrons. The number of amides is 1. The van der Waals surface area contributed by atoms with Crippen molar-refractivity contribution in [3.8, 4) is 11.5 Å². The van der Waals surface area contributed by atoms with Crippen LogP contribution in [0.2, 0.25) is 0 Å². The first-order valence-electron chi connectivity index (χ1n) is 8.63. The third kappa shape index (κ3) is 3.91. The monoisotopic (exact) mass is 400 g/mol. The van der Waals surface area contributed by atoms with E-state index in [1.165, 1.54) is 18.4 Å². The van der Waals surface area contributed by atoms with E-state index in [0.29, 0.717) is 27.4 Å². The average Bonchev–Trinajstić information content (AvgIpc) is 3.05. The first kappa shape index (κ1) is 19.6. The number of benzene rings is 2. The third-order valence-corrected chi connectivity index (χ3v) is 5.05. The SMILES string of the molecule is CCOC(=O)Cn1c(=NC(=O)c2ccccc2OC)sc2cccc(OC)c21. The van der Waals surface area contributed by atoms with E-state index >= 15 is 0 Å². The first-order valence-corrected chi connectivity index (χ1v) is 9.44. The Kier molecular flexibility index (Phi) is 6.10. The molecule has 0 aliphatic heterocycles. The number of para-hydroxylation sites is 2. The Bertz CT molecular complexity index is 1080. The number of carbonyl (C=O) groups is 2. The fourth-order valence-electron chi connectivity index (χ4n) is 2.80. The van der Waals surface area contributed by atoms with Gasteiger partial charge in [-0.05, 0) is 31.2 Å². The van der Waals surface area contributed by atoms with Crippen molar-refractivity contribution < 1.29 is 23.8 Å². The molecule has 3 rings (SSSR count). The highest BCUT2D eigenvalue weighted by Crippen LogP contribution is 2.27. The van der Waals surface area contributed by atoms with E-state index in [0.717, 1.165) is 4.70 Å². The second kappa shape index (κ2) is 8.71. The lowest BCUT2D eigenvalue weighted by atomic mass is 10.2. The van der Waals surface area contributed by atoms with Crippen LogP contribution in [0.1, 0.15) is 17.3 Å². The minimum atomic E-state index is -0.458. The molecular weight excluding hydrogens is 380 g/mol. The van der Waals surface area contributed by atoms with Gasteiger partial charge in [0.15, 0.2) is 4.80 Å². The number of thiazole rings is 1. The molecule has 8 heteroatoms. The zero-order valence-corrected chi connectivity index (χ0v) is 16.6. The van der Waals surface area contributed by atoms with Crippen LogP contribution in [0.3, 0.4) is 0 Å². The normalized spacial score (nSPS) is 11.5. The van der Waals surface area contributed by atoms with Crippen LogP contribution in [0.5, 0.6) is 11.5 Å². The van der Waals surface area contributed by atoms with Crippen molar-refractivity contribution >= 4 is 33.4 Å². The second-order valence-electron chi connectivity index (χ2n) is 5.70. The van der Waals surface area contributed by atoms with Crippen molar-refractivity contribution in [3.05, 3.63) is 52.8 Å². The van der Waals surface area contributed by atoms with Gasteiger partial charge in [0.05, 0.1) is 31.1 Å². The highest BCUT2D eigenvalue weighted by atomic mass is 32.1. The van der Waals surface area contributed by atoms with E-state index in [-0.39, 0.29) is 13.2 Å². The molecule has 0 saturated heterocycles. The number of nitrogens with zero attached hydrogens (tertiary/aromatic N) is 2. The van der Waals surface area contributed by atoms with E-state index < -0.39 is 11.9 Å². The van der Waals surface area contributed by atoms with Gasteiger partial charge in [0.2, 0.25) is 0 Å². The predicted molar refractivity (Wildman–Crippen MR) is 106 cm³/mol. The summed E-state index contributed by atoms with van der Waals surface area (Å²) in [4.78, 5) is 29.6. The zero-order valence-electron chi connectivity index (χ0n) is 15.8. The van der Waals surface area contributed by atoms with Gasteiger partial charge < -0.3 is 18.8 Å². The minimum Gasteiger partial charge on any atom is -0.496 e. The van der Waals surface area contributed by atoms with E-state index in [1.54, 1.807) is 48.9 Å². The number of rotatable bonds is 6. The van der Waals surface area contributed by atoms with Crippen LogP contribution in [0, 0.1) is 0 Å². The molecular formula is C20H20N2O5S. The van der Waals surface area contributed by atoms with Crippen molar-refractivity contribution in [1.82, 2.24) is 4.57 Å². The predicted octanol–water partition coefficient (Wildman–Crippen LogP) is 3.02. The average molecular weight is 400 g/mol. The molecule has 3 aromatic rings. The Balaban J connectivity index is 2.17. The largest absolute Gasteiger partial charge is 0.496 e. The Morgan fingerprint density at radius 2 is 1.75 bits per heavy atom. The molecule has 0 aliphatic rings. The number of fused-ring (bicyclic) bond motifs is 1. The Morgan fingerprint density at radius 1 is 1.04 bits per heavy atom. The fourth-order valence-corrected chi connectivity index (χ4v) is 3.84. The van der Waals surface area contributed by atoms with Gasteiger partial charge in [-0.2, -0.15) is 4.99 Å². The maximum Gasteiger partial charge on any atom is 0.326 e. The standard InChI is InChI=1S/C20H20N2O5S/c1-4-27-17(23)12-22-18-15(26-3)10-7-11-16(18)28-20(22)21-19(24)13-8-5-6-9-14(13)25-2/h5-11H,4,12H2,1-3H3. The number of methoxy groups -OCH3 is 2. The number of carbonyl (C=O) groups excluding carboxylic acids is 2. The molecule has 0 saturated carbocycles. The van der Waals surface area contributed by atoms with Crippen LogP contribution in [-0.4, -0.2) is 37.3 Å². The van der Waals surface area contributed by atoms with Crippen molar-refractivity contribution in [2.24, 2.45) is 4.99 Å². The second-order valence-corrected chi connectivity index (χ2v) is 6.71. The van der Waals surface area contributed by atoms with Gasteiger partial charge in [-0.15, -0.1) is 0 Å². The molecule has 1 aromatic heterocycles. The van der Waals surface area contributed by atoms with Gasteiger partial charge in [0, 0.05) is 0 Å². The molecule has 1 amide bonds. The smallest absolute Gasteiger partial charge is 0.326 e. The van der Waals surface area contributed by atoms with Gasteiger partial charge >= 0.3 is 5.97 Å². The summed E-state index contributed by atoms with van der Waals surface area (Å²) in [6.07, 6.45) is 0. The lowest BCUT2D eigenvalue weighted by Gasteiger charge is -2.08. The molecule has 7 nitrogen and oxygen atoms in total. The van der Waals surface area contributed by atoms with Crippen LogP contribution in [0.4, 0.5) is 0 Å². The molecule has 0 unspecified atom stereocenters. The molecule has 1 heterocycles. The van der Waals surface area contributed by atoms with Crippen molar-refractivity contribution in [2.45, 2.75) is 13.5 Å². The molecule has 146 valence electrons. The topological polar surface area (TPSA) is 79.1 Å². The van der Waals surface area contributed by atoms with Crippen LogP contribution >= 0.6 is 11.3 Å². The number of ether oxygens (including phenoxy) is 3. The lowest BCUT2D eigenvalue weighted by molar-refractivity contribution is -0.143. The Hall–Kier alpha value is -3.13. The maximum atomic E-state index is 12.8. The van der Waals surface area contributed by atoms with Gasteiger partial charge in [-0.1, -0.05) is 29.5 Å². The molecule has 0 spiro atoms. The Morgan fingerprint density at radius 3 is 2.46 bits per heavy atom. The molecule has 28 heavy (non-hydrogen) atoms. The van der Waals surface area contributed by atoms with E-state index in [1.807, 2.05) is 12.1 Å². The van der Waals surface area contributed by atoms with Crippen LogP contribution in [-0.2, 0) is 16.1 Å². The highest BCUT2D eigenvalue weighted by Gasteiger charge is 2.17. The Labute approximate surface area is 165 Å². The molecule has 0 bridgehead atoms. The van der Waals surface area contributed by atoms with Gasteiger partial charge in [-0.3, -0.25) is 9.59 Å². The van der Waals surface area contributed by atoms with Crippen LogP contribution in [0.25, 0.3) is 10.2 Å². The summed E-state index contributed by atoms with van der Waals surface area (Å²) in [5.74, 6) is 0.149. The van der Waals surface area contributed by atoms with Gasteiger partial charge in [0.1, 0.15) is 23.6 Å².